The Hall–Kier alpha value is -0.800. The third-order valence-electron chi connectivity index (χ3n) is 3.87. The Bertz CT molecular complexity index is 570. The van der Waals surface area contributed by atoms with Crippen molar-refractivity contribution in [3.05, 3.63) is 34.4 Å². The van der Waals surface area contributed by atoms with Crippen molar-refractivity contribution in [1.29, 1.82) is 0 Å². The molecule has 1 aromatic carbocycles. The van der Waals surface area contributed by atoms with Crippen LogP contribution in [-0.4, -0.2) is 4.98 Å². The van der Waals surface area contributed by atoms with Crippen LogP contribution in [0.2, 0.25) is 0 Å². The number of aromatic amines is 1. The first-order chi connectivity index (χ1) is 7.42. The second-order valence-corrected chi connectivity index (χ2v) is 6.36. The normalized spacial score (nSPS) is 27.2. The van der Waals surface area contributed by atoms with Crippen LogP contribution in [0.25, 0.3) is 10.9 Å². The molecule has 1 unspecified atom stereocenters. The van der Waals surface area contributed by atoms with Crippen LogP contribution < -0.4 is 5.73 Å². The molecule has 0 saturated heterocycles. The van der Waals surface area contributed by atoms with Crippen molar-refractivity contribution in [1.82, 2.24) is 4.98 Å². The number of fused-ring (bicyclic) bond motifs is 1. The lowest BCUT2D eigenvalue weighted by Gasteiger charge is -2.12. The van der Waals surface area contributed by atoms with E-state index in [1.165, 1.54) is 5.39 Å². The van der Waals surface area contributed by atoms with Crippen LogP contribution in [0.4, 0.5) is 0 Å². The minimum absolute atomic E-state index is 0.168. The molecule has 3 N–H and O–H groups in total. The highest BCUT2D eigenvalue weighted by molar-refractivity contribution is 9.10. The van der Waals surface area contributed by atoms with E-state index in [0.29, 0.717) is 0 Å². The molecule has 1 aromatic heterocycles. The molecule has 0 spiro atoms. The van der Waals surface area contributed by atoms with Crippen molar-refractivity contribution >= 4 is 26.8 Å². The highest BCUT2D eigenvalue weighted by Crippen LogP contribution is 2.60. The molecule has 0 bridgehead atoms. The zero-order valence-electron chi connectivity index (χ0n) is 9.47. The van der Waals surface area contributed by atoms with Crippen LogP contribution in [0.5, 0.6) is 0 Å². The van der Waals surface area contributed by atoms with E-state index in [-0.39, 0.29) is 11.0 Å². The van der Waals surface area contributed by atoms with E-state index in [4.69, 9.17) is 5.73 Å². The topological polar surface area (TPSA) is 41.8 Å². The standard InChI is InChI=1S/C13H15BrN2/c1-12(2)7-13(12,15)11-6-8-5-9(14)3-4-10(8)16-11/h3-6,16H,7,15H2,1-2H3. The van der Waals surface area contributed by atoms with Gasteiger partial charge in [0, 0.05) is 21.1 Å². The van der Waals surface area contributed by atoms with Crippen molar-refractivity contribution in [2.75, 3.05) is 0 Å². The van der Waals surface area contributed by atoms with Crippen LogP contribution in [0, 0.1) is 5.41 Å². The average Bonchev–Trinajstić information content (AvgIpc) is 2.60. The average molecular weight is 279 g/mol. The Morgan fingerprint density at radius 3 is 2.62 bits per heavy atom. The van der Waals surface area contributed by atoms with Gasteiger partial charge in [-0.1, -0.05) is 29.8 Å². The van der Waals surface area contributed by atoms with Crippen LogP contribution >= 0.6 is 15.9 Å². The van der Waals surface area contributed by atoms with Crippen molar-refractivity contribution in [2.24, 2.45) is 11.1 Å². The van der Waals surface area contributed by atoms with Crippen molar-refractivity contribution in [2.45, 2.75) is 25.8 Å². The molecule has 1 atom stereocenters. The number of hydrogen-bond donors (Lipinski definition) is 2. The second-order valence-electron chi connectivity index (χ2n) is 5.45. The summed E-state index contributed by atoms with van der Waals surface area (Å²) in [6.07, 6.45) is 1.05. The summed E-state index contributed by atoms with van der Waals surface area (Å²) in [6, 6.07) is 8.43. The second kappa shape index (κ2) is 2.90. The number of nitrogens with one attached hydrogen (secondary N) is 1. The molecule has 0 amide bonds. The van der Waals surface area contributed by atoms with Crippen LogP contribution in [-0.2, 0) is 5.54 Å². The highest BCUT2D eigenvalue weighted by atomic mass is 79.9. The molecular weight excluding hydrogens is 264 g/mol. The largest absolute Gasteiger partial charge is 0.357 e. The van der Waals surface area contributed by atoms with Gasteiger partial charge in [-0.2, -0.15) is 0 Å². The number of aromatic nitrogens is 1. The van der Waals surface area contributed by atoms with E-state index in [1.54, 1.807) is 0 Å². The summed E-state index contributed by atoms with van der Waals surface area (Å²) in [6.45, 7) is 4.43. The lowest BCUT2D eigenvalue weighted by atomic mass is 10.0. The fraction of sp³-hybridized carbons (Fsp3) is 0.385. The Balaban J connectivity index is 2.14. The minimum Gasteiger partial charge on any atom is -0.357 e. The highest BCUT2D eigenvalue weighted by Gasteiger charge is 2.60. The van der Waals surface area contributed by atoms with Gasteiger partial charge in [-0.3, -0.25) is 0 Å². The number of hydrogen-bond acceptors (Lipinski definition) is 1. The third kappa shape index (κ3) is 1.28. The van der Waals surface area contributed by atoms with E-state index in [0.717, 1.165) is 22.1 Å². The van der Waals surface area contributed by atoms with Gasteiger partial charge < -0.3 is 10.7 Å². The molecule has 1 aliphatic rings. The predicted octanol–water partition coefficient (Wildman–Crippen LogP) is 3.51. The number of nitrogens with two attached hydrogens (primary N) is 1. The van der Waals surface area contributed by atoms with E-state index in [1.807, 2.05) is 6.07 Å². The summed E-state index contributed by atoms with van der Waals surface area (Å²) in [5.41, 5.74) is 8.77. The minimum atomic E-state index is -0.168. The Morgan fingerprint density at radius 2 is 2.00 bits per heavy atom. The van der Waals surface area contributed by atoms with Crippen molar-refractivity contribution in [3.63, 3.8) is 0 Å². The maximum absolute atomic E-state index is 6.40. The lowest BCUT2D eigenvalue weighted by Crippen LogP contribution is -2.25. The third-order valence-corrected chi connectivity index (χ3v) is 4.36. The number of H-pyrrole nitrogens is 1. The van der Waals surface area contributed by atoms with Crippen LogP contribution in [0.15, 0.2) is 28.7 Å². The Labute approximate surface area is 103 Å². The Kier molecular flexibility index (Phi) is 1.88. The fourth-order valence-corrected chi connectivity index (χ4v) is 2.84. The number of halogens is 1. The van der Waals surface area contributed by atoms with Gasteiger partial charge in [-0.15, -0.1) is 0 Å². The molecule has 0 aliphatic heterocycles. The first-order valence-electron chi connectivity index (χ1n) is 5.50. The van der Waals surface area contributed by atoms with E-state index in [9.17, 15) is 0 Å². The summed E-state index contributed by atoms with van der Waals surface area (Å²) in [7, 11) is 0. The monoisotopic (exact) mass is 278 g/mol. The molecular formula is C13H15BrN2. The molecule has 84 valence electrons. The molecule has 2 nitrogen and oxygen atoms in total. The fourth-order valence-electron chi connectivity index (χ4n) is 2.46. The molecule has 1 aliphatic carbocycles. The molecule has 16 heavy (non-hydrogen) atoms. The van der Waals surface area contributed by atoms with Gasteiger partial charge in [-0.25, -0.2) is 0 Å². The maximum Gasteiger partial charge on any atom is 0.0620 e. The van der Waals surface area contributed by atoms with Crippen LogP contribution in [0.1, 0.15) is 26.0 Å². The van der Waals surface area contributed by atoms with Gasteiger partial charge in [0.2, 0.25) is 0 Å². The molecule has 1 heterocycles. The Morgan fingerprint density at radius 1 is 1.31 bits per heavy atom. The van der Waals surface area contributed by atoms with Gasteiger partial charge in [0.1, 0.15) is 0 Å². The quantitative estimate of drug-likeness (QED) is 0.824. The molecule has 1 fully saturated rings. The molecule has 1 saturated carbocycles. The summed E-state index contributed by atoms with van der Waals surface area (Å²) in [5, 5.41) is 1.22. The lowest BCUT2D eigenvalue weighted by molar-refractivity contribution is 0.502. The molecule has 3 heteroatoms. The van der Waals surface area contributed by atoms with E-state index >= 15 is 0 Å². The van der Waals surface area contributed by atoms with Crippen molar-refractivity contribution in [3.8, 4) is 0 Å². The van der Waals surface area contributed by atoms with Gasteiger partial charge in [0.05, 0.1) is 5.54 Å². The molecule has 0 radical (unpaired) electrons. The first kappa shape index (κ1) is 10.4. The molecule has 3 rings (SSSR count). The number of rotatable bonds is 1. The predicted molar refractivity (Wildman–Crippen MR) is 70.3 cm³/mol. The van der Waals surface area contributed by atoms with Gasteiger partial charge >= 0.3 is 0 Å². The number of benzene rings is 1. The van der Waals surface area contributed by atoms with Crippen LogP contribution in [0.3, 0.4) is 0 Å². The summed E-state index contributed by atoms with van der Waals surface area (Å²) < 4.78 is 1.10. The smallest absolute Gasteiger partial charge is 0.0620 e. The summed E-state index contributed by atoms with van der Waals surface area (Å²) in [4.78, 5) is 3.44. The summed E-state index contributed by atoms with van der Waals surface area (Å²) in [5.74, 6) is 0. The SMILES string of the molecule is CC1(C)CC1(N)c1cc2cc(Br)ccc2[nH]1. The van der Waals surface area contributed by atoms with Gasteiger partial charge in [-0.05, 0) is 36.1 Å². The zero-order valence-corrected chi connectivity index (χ0v) is 11.1. The van der Waals surface area contributed by atoms with Gasteiger partial charge in [0.25, 0.3) is 0 Å². The maximum atomic E-state index is 6.40. The van der Waals surface area contributed by atoms with Gasteiger partial charge in [0.15, 0.2) is 0 Å². The summed E-state index contributed by atoms with van der Waals surface area (Å²) >= 11 is 3.49. The molecule has 2 aromatic rings. The van der Waals surface area contributed by atoms with E-state index < -0.39 is 0 Å². The van der Waals surface area contributed by atoms with Crippen molar-refractivity contribution < 1.29 is 0 Å². The van der Waals surface area contributed by atoms with E-state index in [2.05, 4.69) is 53.0 Å². The zero-order chi connectivity index (χ0) is 11.6. The first-order valence-corrected chi connectivity index (χ1v) is 6.29.